The minimum absolute atomic E-state index is 0.187. The number of H-pyrrole nitrogens is 1. The van der Waals surface area contributed by atoms with E-state index in [4.69, 9.17) is 0 Å². The van der Waals surface area contributed by atoms with Crippen molar-refractivity contribution >= 4 is 16.8 Å². The van der Waals surface area contributed by atoms with Crippen molar-refractivity contribution in [1.82, 2.24) is 9.88 Å². The van der Waals surface area contributed by atoms with Gasteiger partial charge in [0.1, 0.15) is 5.82 Å². The highest BCUT2D eigenvalue weighted by molar-refractivity contribution is 5.89. The zero-order chi connectivity index (χ0) is 18.4. The number of hydrogen-bond acceptors (Lipinski definition) is 1. The van der Waals surface area contributed by atoms with Crippen molar-refractivity contribution in [3.8, 4) is 0 Å². The smallest absolute Gasteiger partial charge is 0.227 e. The van der Waals surface area contributed by atoms with Crippen LogP contribution in [-0.2, 0) is 11.2 Å². The number of aromatic amines is 1. The molecule has 1 amide bonds. The third-order valence-electron chi connectivity index (χ3n) is 6.38. The van der Waals surface area contributed by atoms with Gasteiger partial charge in [0.05, 0.1) is 6.42 Å². The molecule has 0 radical (unpaired) electrons. The van der Waals surface area contributed by atoms with E-state index in [2.05, 4.69) is 16.0 Å². The second-order valence-corrected chi connectivity index (χ2v) is 7.94. The third-order valence-corrected chi connectivity index (χ3v) is 6.38. The van der Waals surface area contributed by atoms with Crippen molar-refractivity contribution in [3.63, 3.8) is 0 Å². The predicted octanol–water partition coefficient (Wildman–Crippen LogP) is 4.79. The Morgan fingerprint density at radius 1 is 1.04 bits per heavy atom. The zero-order valence-electron chi connectivity index (χ0n) is 15.2. The zero-order valence-corrected chi connectivity index (χ0v) is 15.2. The van der Waals surface area contributed by atoms with Gasteiger partial charge in [-0.3, -0.25) is 4.79 Å². The molecule has 2 fully saturated rings. The fourth-order valence-corrected chi connectivity index (χ4v) is 5.12. The molecule has 3 heterocycles. The molecule has 138 valence electrons. The molecule has 2 saturated heterocycles. The van der Waals surface area contributed by atoms with Gasteiger partial charge in [0.2, 0.25) is 5.91 Å². The number of piperidine rings is 1. The Morgan fingerprint density at radius 3 is 2.48 bits per heavy atom. The Hall–Kier alpha value is -2.62. The number of carbonyl (C=O) groups is 1. The average Bonchev–Trinajstić information content (AvgIpc) is 3.20. The fraction of sp³-hybridized carbons (Fsp3) is 0.348. The number of halogens is 1. The van der Waals surface area contributed by atoms with E-state index in [1.54, 1.807) is 12.1 Å². The second kappa shape index (κ2) is 6.52. The van der Waals surface area contributed by atoms with Gasteiger partial charge in [0.15, 0.2) is 0 Å². The molecule has 2 aromatic carbocycles. The van der Waals surface area contributed by atoms with Gasteiger partial charge in [-0.1, -0.05) is 30.3 Å². The summed E-state index contributed by atoms with van der Waals surface area (Å²) in [6, 6.07) is 15.7. The standard InChI is InChI=1S/C23H23FN2O/c24-18-7-5-15(6-8-18)16-11-19-9-10-20(12-16)26(19)23(27)13-17-14-25-22-4-2-1-3-21(17)22/h1-8,14,16,19-20,25H,9-13H2/t19-,20-/m0/s1. The minimum atomic E-state index is -0.187. The first kappa shape index (κ1) is 16.5. The topological polar surface area (TPSA) is 36.1 Å². The van der Waals surface area contributed by atoms with Crippen molar-refractivity contribution in [2.24, 2.45) is 0 Å². The lowest BCUT2D eigenvalue weighted by atomic mass is 9.85. The van der Waals surface area contributed by atoms with E-state index in [-0.39, 0.29) is 11.7 Å². The van der Waals surface area contributed by atoms with E-state index >= 15 is 0 Å². The van der Waals surface area contributed by atoms with Gasteiger partial charge in [-0.15, -0.1) is 0 Å². The van der Waals surface area contributed by atoms with Crippen LogP contribution in [-0.4, -0.2) is 27.9 Å². The number of benzene rings is 2. The van der Waals surface area contributed by atoms with Crippen LogP contribution in [0.15, 0.2) is 54.7 Å². The average molecular weight is 362 g/mol. The van der Waals surface area contributed by atoms with Gasteiger partial charge >= 0.3 is 0 Å². The maximum atomic E-state index is 13.2. The first-order valence-electron chi connectivity index (χ1n) is 9.80. The van der Waals surface area contributed by atoms with Crippen molar-refractivity contribution in [2.45, 2.75) is 50.1 Å². The Kier molecular flexibility index (Phi) is 4.00. The summed E-state index contributed by atoms with van der Waals surface area (Å²) in [6.45, 7) is 0. The highest BCUT2D eigenvalue weighted by atomic mass is 19.1. The number of fused-ring (bicyclic) bond motifs is 3. The van der Waals surface area contributed by atoms with Crippen LogP contribution in [0.3, 0.4) is 0 Å². The maximum absolute atomic E-state index is 13.2. The monoisotopic (exact) mass is 362 g/mol. The van der Waals surface area contributed by atoms with Crippen molar-refractivity contribution < 1.29 is 9.18 Å². The molecule has 0 aliphatic carbocycles. The summed E-state index contributed by atoms with van der Waals surface area (Å²) in [5.41, 5.74) is 3.37. The van der Waals surface area contributed by atoms with E-state index in [1.165, 1.54) is 5.56 Å². The Bertz CT molecular complexity index is 963. The van der Waals surface area contributed by atoms with Crippen LogP contribution >= 0.6 is 0 Å². The molecule has 2 aliphatic rings. The fourth-order valence-electron chi connectivity index (χ4n) is 5.12. The highest BCUT2D eigenvalue weighted by Gasteiger charge is 2.43. The number of para-hydroxylation sites is 1. The van der Waals surface area contributed by atoms with Crippen LogP contribution in [0.1, 0.15) is 42.7 Å². The van der Waals surface area contributed by atoms with Crippen molar-refractivity contribution in [3.05, 3.63) is 71.7 Å². The molecule has 2 aliphatic heterocycles. The lowest BCUT2D eigenvalue weighted by Crippen LogP contribution is -2.46. The minimum Gasteiger partial charge on any atom is -0.361 e. The summed E-state index contributed by atoms with van der Waals surface area (Å²) < 4.78 is 13.2. The molecule has 0 unspecified atom stereocenters. The Labute approximate surface area is 158 Å². The number of rotatable bonds is 3. The predicted molar refractivity (Wildman–Crippen MR) is 104 cm³/mol. The van der Waals surface area contributed by atoms with Crippen LogP contribution in [0.2, 0.25) is 0 Å². The number of carbonyl (C=O) groups excluding carboxylic acids is 1. The van der Waals surface area contributed by atoms with Crippen molar-refractivity contribution in [1.29, 1.82) is 0 Å². The summed E-state index contributed by atoms with van der Waals surface area (Å²) in [6.07, 6.45) is 6.57. The highest BCUT2D eigenvalue weighted by Crippen LogP contribution is 2.43. The Morgan fingerprint density at radius 2 is 1.74 bits per heavy atom. The number of aromatic nitrogens is 1. The van der Waals surface area contributed by atoms with Gasteiger partial charge in [-0.2, -0.15) is 0 Å². The van der Waals surface area contributed by atoms with Gasteiger partial charge < -0.3 is 9.88 Å². The molecule has 3 aromatic rings. The molecule has 2 atom stereocenters. The Balaban J connectivity index is 1.33. The van der Waals surface area contributed by atoms with Gasteiger partial charge in [-0.05, 0) is 60.9 Å². The normalized spacial score (nSPS) is 24.5. The van der Waals surface area contributed by atoms with Crippen LogP contribution in [0.5, 0.6) is 0 Å². The van der Waals surface area contributed by atoms with E-state index in [0.29, 0.717) is 24.4 Å². The summed E-state index contributed by atoms with van der Waals surface area (Å²) in [5, 5.41) is 1.14. The van der Waals surface area contributed by atoms with Gasteiger partial charge in [-0.25, -0.2) is 4.39 Å². The first-order valence-corrected chi connectivity index (χ1v) is 9.80. The van der Waals surface area contributed by atoms with E-state index in [9.17, 15) is 9.18 Å². The molecule has 0 spiro atoms. The van der Waals surface area contributed by atoms with E-state index in [0.717, 1.165) is 42.1 Å². The molecule has 1 aromatic heterocycles. The SMILES string of the molecule is O=C(Cc1c[nH]c2ccccc12)N1[C@H]2CC[C@H]1CC(c1ccc(F)cc1)C2. The summed E-state index contributed by atoms with van der Waals surface area (Å²) in [7, 11) is 0. The number of amides is 1. The lowest BCUT2D eigenvalue weighted by molar-refractivity contribution is -0.135. The molecule has 3 nitrogen and oxygen atoms in total. The van der Waals surface area contributed by atoms with E-state index < -0.39 is 0 Å². The molecule has 0 saturated carbocycles. The van der Waals surface area contributed by atoms with Crippen molar-refractivity contribution in [2.75, 3.05) is 0 Å². The summed E-state index contributed by atoms with van der Waals surface area (Å²) >= 11 is 0. The van der Waals surface area contributed by atoms with Crippen LogP contribution < -0.4 is 0 Å². The van der Waals surface area contributed by atoms with Crippen LogP contribution in [0, 0.1) is 5.82 Å². The second-order valence-electron chi connectivity index (χ2n) is 7.94. The van der Waals surface area contributed by atoms with E-state index in [1.807, 2.05) is 36.5 Å². The number of nitrogens with one attached hydrogen (secondary N) is 1. The lowest BCUT2D eigenvalue weighted by Gasteiger charge is -2.39. The molecule has 4 heteroatoms. The summed E-state index contributed by atoms with van der Waals surface area (Å²) in [4.78, 5) is 18.5. The maximum Gasteiger partial charge on any atom is 0.227 e. The molecule has 1 N–H and O–H groups in total. The van der Waals surface area contributed by atoms with Gasteiger partial charge in [0.25, 0.3) is 0 Å². The molecular weight excluding hydrogens is 339 g/mol. The van der Waals surface area contributed by atoms with Crippen LogP contribution in [0.25, 0.3) is 10.9 Å². The molecule has 5 rings (SSSR count). The number of nitrogens with zero attached hydrogens (tertiary/aromatic N) is 1. The van der Waals surface area contributed by atoms with Gasteiger partial charge in [0, 0.05) is 29.2 Å². The molecule has 27 heavy (non-hydrogen) atoms. The number of hydrogen-bond donors (Lipinski definition) is 1. The molecular formula is C23H23FN2O. The summed E-state index contributed by atoms with van der Waals surface area (Å²) in [5.74, 6) is 0.484. The largest absolute Gasteiger partial charge is 0.361 e. The van der Waals surface area contributed by atoms with Crippen LogP contribution in [0.4, 0.5) is 4.39 Å². The molecule has 2 bridgehead atoms. The quantitative estimate of drug-likeness (QED) is 0.715. The third kappa shape index (κ3) is 2.93. The first-order chi connectivity index (χ1) is 13.2.